The maximum Gasteiger partial charge on any atom is 0.262 e. The predicted molar refractivity (Wildman–Crippen MR) is 88.4 cm³/mol. The SMILES string of the molecule is COc1ccc(CC(=O)NNC(=O)/C=C/c2ccc(F)cc2)cc1. The summed E-state index contributed by atoms with van der Waals surface area (Å²) in [6.45, 7) is 0. The van der Waals surface area contributed by atoms with Gasteiger partial charge in [0.25, 0.3) is 5.91 Å². The van der Waals surface area contributed by atoms with Crippen molar-refractivity contribution in [2.45, 2.75) is 6.42 Å². The summed E-state index contributed by atoms with van der Waals surface area (Å²) in [7, 11) is 1.57. The maximum atomic E-state index is 12.8. The molecule has 0 unspecified atom stereocenters. The molecule has 0 radical (unpaired) electrons. The Hall–Kier alpha value is -3.15. The Balaban J connectivity index is 1.78. The van der Waals surface area contributed by atoms with E-state index < -0.39 is 5.91 Å². The number of hydrazine groups is 1. The van der Waals surface area contributed by atoms with Gasteiger partial charge in [-0.2, -0.15) is 0 Å². The van der Waals surface area contributed by atoms with Gasteiger partial charge in [-0.15, -0.1) is 0 Å². The number of hydrogen-bond acceptors (Lipinski definition) is 3. The molecule has 24 heavy (non-hydrogen) atoms. The maximum absolute atomic E-state index is 12.8. The summed E-state index contributed by atoms with van der Waals surface area (Å²) in [6.07, 6.45) is 2.90. The molecule has 0 heterocycles. The first-order valence-electron chi connectivity index (χ1n) is 7.22. The Labute approximate surface area is 139 Å². The summed E-state index contributed by atoms with van der Waals surface area (Å²) < 4.78 is 17.8. The van der Waals surface area contributed by atoms with Gasteiger partial charge in [-0.05, 0) is 41.5 Å². The zero-order valence-electron chi connectivity index (χ0n) is 13.1. The van der Waals surface area contributed by atoms with Gasteiger partial charge in [0.2, 0.25) is 5.91 Å². The van der Waals surface area contributed by atoms with E-state index in [0.29, 0.717) is 11.3 Å². The van der Waals surface area contributed by atoms with Gasteiger partial charge in [0.15, 0.2) is 0 Å². The van der Waals surface area contributed by atoms with E-state index in [9.17, 15) is 14.0 Å². The van der Waals surface area contributed by atoms with Crippen LogP contribution in [0.5, 0.6) is 5.75 Å². The number of carbonyl (C=O) groups excluding carboxylic acids is 2. The third-order valence-electron chi connectivity index (χ3n) is 3.15. The Morgan fingerprint density at radius 1 is 1.04 bits per heavy atom. The van der Waals surface area contributed by atoms with Crippen LogP contribution in [-0.4, -0.2) is 18.9 Å². The Morgan fingerprint density at radius 3 is 2.33 bits per heavy atom. The highest BCUT2D eigenvalue weighted by molar-refractivity contribution is 5.93. The zero-order chi connectivity index (χ0) is 17.4. The van der Waals surface area contributed by atoms with E-state index in [1.165, 1.54) is 24.3 Å². The summed E-state index contributed by atoms with van der Waals surface area (Å²) in [5.74, 6) is -0.466. The largest absolute Gasteiger partial charge is 0.497 e. The smallest absolute Gasteiger partial charge is 0.262 e. The van der Waals surface area contributed by atoms with Crippen molar-refractivity contribution in [3.8, 4) is 5.75 Å². The molecule has 6 heteroatoms. The van der Waals surface area contributed by atoms with Crippen molar-refractivity contribution in [3.63, 3.8) is 0 Å². The van der Waals surface area contributed by atoms with E-state index in [1.807, 2.05) is 0 Å². The van der Waals surface area contributed by atoms with Gasteiger partial charge in [0.05, 0.1) is 13.5 Å². The van der Waals surface area contributed by atoms with E-state index in [0.717, 1.165) is 5.56 Å². The van der Waals surface area contributed by atoms with Crippen LogP contribution in [0.2, 0.25) is 0 Å². The van der Waals surface area contributed by atoms with Gasteiger partial charge in [-0.25, -0.2) is 4.39 Å². The van der Waals surface area contributed by atoms with E-state index >= 15 is 0 Å². The average Bonchev–Trinajstić information content (AvgIpc) is 2.60. The van der Waals surface area contributed by atoms with E-state index in [4.69, 9.17) is 4.74 Å². The number of nitrogens with one attached hydrogen (secondary N) is 2. The molecule has 2 aromatic carbocycles. The monoisotopic (exact) mass is 328 g/mol. The lowest BCUT2D eigenvalue weighted by atomic mass is 10.1. The average molecular weight is 328 g/mol. The first kappa shape index (κ1) is 17.2. The normalized spacial score (nSPS) is 10.4. The molecule has 0 aliphatic rings. The molecule has 5 nitrogen and oxygen atoms in total. The molecular formula is C18H17FN2O3. The van der Waals surface area contributed by atoms with Gasteiger partial charge in [0.1, 0.15) is 11.6 Å². The van der Waals surface area contributed by atoms with E-state index in [-0.39, 0.29) is 18.1 Å². The molecule has 0 saturated carbocycles. The molecule has 2 N–H and O–H groups in total. The van der Waals surface area contributed by atoms with Crippen molar-refractivity contribution < 1.29 is 18.7 Å². The van der Waals surface area contributed by atoms with Crippen molar-refractivity contribution in [3.05, 3.63) is 71.6 Å². The number of carbonyl (C=O) groups is 2. The quantitative estimate of drug-likeness (QED) is 0.653. The lowest BCUT2D eigenvalue weighted by Gasteiger charge is -2.06. The first-order chi connectivity index (χ1) is 11.6. The molecule has 0 spiro atoms. The summed E-state index contributed by atoms with van der Waals surface area (Å²) in [5.41, 5.74) is 6.08. The third-order valence-corrected chi connectivity index (χ3v) is 3.15. The van der Waals surface area contributed by atoms with Crippen LogP contribution in [0.15, 0.2) is 54.6 Å². The number of methoxy groups -OCH3 is 1. The summed E-state index contributed by atoms with van der Waals surface area (Å²) in [6, 6.07) is 12.7. The summed E-state index contributed by atoms with van der Waals surface area (Å²) in [4.78, 5) is 23.4. The minimum absolute atomic E-state index is 0.131. The Bertz CT molecular complexity index is 725. The number of halogens is 1. The Morgan fingerprint density at radius 2 is 1.71 bits per heavy atom. The fourth-order valence-corrected chi connectivity index (χ4v) is 1.89. The van der Waals surface area contributed by atoms with Crippen molar-refractivity contribution in [1.82, 2.24) is 10.9 Å². The Kier molecular flexibility index (Phi) is 6.08. The van der Waals surface area contributed by atoms with Crippen molar-refractivity contribution in [2.24, 2.45) is 0 Å². The van der Waals surface area contributed by atoms with E-state index in [2.05, 4.69) is 10.9 Å². The molecule has 0 atom stereocenters. The summed E-state index contributed by atoms with van der Waals surface area (Å²) >= 11 is 0. The first-order valence-corrected chi connectivity index (χ1v) is 7.22. The van der Waals surface area contributed by atoms with Crippen molar-refractivity contribution in [1.29, 1.82) is 0 Å². The second-order valence-corrected chi connectivity index (χ2v) is 4.95. The number of ether oxygens (including phenoxy) is 1. The zero-order valence-corrected chi connectivity index (χ0v) is 13.1. The van der Waals surface area contributed by atoms with Crippen LogP contribution in [0.1, 0.15) is 11.1 Å². The lowest BCUT2D eigenvalue weighted by Crippen LogP contribution is -2.41. The van der Waals surface area contributed by atoms with Crippen LogP contribution in [-0.2, 0) is 16.0 Å². The second kappa shape index (κ2) is 8.47. The van der Waals surface area contributed by atoms with Crippen LogP contribution < -0.4 is 15.6 Å². The van der Waals surface area contributed by atoms with Crippen LogP contribution in [0, 0.1) is 5.82 Å². The van der Waals surface area contributed by atoms with Crippen LogP contribution in [0.25, 0.3) is 6.08 Å². The van der Waals surface area contributed by atoms with Crippen LogP contribution in [0.3, 0.4) is 0 Å². The molecule has 0 saturated heterocycles. The number of benzene rings is 2. The molecule has 2 rings (SSSR count). The molecule has 124 valence electrons. The summed E-state index contributed by atoms with van der Waals surface area (Å²) in [5, 5.41) is 0. The standard InChI is InChI=1S/C18H17FN2O3/c1-24-16-9-4-14(5-10-16)12-18(23)21-20-17(22)11-6-13-2-7-15(19)8-3-13/h2-11H,12H2,1H3,(H,20,22)(H,21,23)/b11-6+. The number of rotatable bonds is 5. The van der Waals surface area contributed by atoms with Gasteiger partial charge in [-0.1, -0.05) is 24.3 Å². The van der Waals surface area contributed by atoms with Gasteiger partial charge >= 0.3 is 0 Å². The van der Waals surface area contributed by atoms with Crippen LogP contribution in [0.4, 0.5) is 4.39 Å². The molecule has 0 aliphatic carbocycles. The topological polar surface area (TPSA) is 67.4 Å². The molecular weight excluding hydrogens is 311 g/mol. The van der Waals surface area contributed by atoms with Gasteiger partial charge in [0, 0.05) is 6.08 Å². The molecule has 2 amide bonds. The molecule has 2 aromatic rings. The molecule has 0 aliphatic heterocycles. The fraction of sp³-hybridized carbons (Fsp3) is 0.111. The second-order valence-electron chi connectivity index (χ2n) is 4.95. The minimum Gasteiger partial charge on any atom is -0.497 e. The molecule has 0 aromatic heterocycles. The minimum atomic E-state index is -0.484. The van der Waals surface area contributed by atoms with E-state index in [1.54, 1.807) is 43.5 Å². The fourth-order valence-electron chi connectivity index (χ4n) is 1.89. The van der Waals surface area contributed by atoms with Crippen molar-refractivity contribution in [2.75, 3.05) is 7.11 Å². The highest BCUT2D eigenvalue weighted by atomic mass is 19.1. The van der Waals surface area contributed by atoms with Crippen LogP contribution >= 0.6 is 0 Å². The number of amides is 2. The third kappa shape index (κ3) is 5.57. The lowest BCUT2D eigenvalue weighted by molar-refractivity contribution is -0.126. The van der Waals surface area contributed by atoms with Crippen molar-refractivity contribution >= 4 is 17.9 Å². The van der Waals surface area contributed by atoms with Gasteiger partial charge < -0.3 is 4.74 Å². The molecule has 0 bridgehead atoms. The highest BCUT2D eigenvalue weighted by Crippen LogP contribution is 2.11. The highest BCUT2D eigenvalue weighted by Gasteiger charge is 2.04. The predicted octanol–water partition coefficient (Wildman–Crippen LogP) is 2.24. The number of hydrogen-bond donors (Lipinski definition) is 2. The van der Waals surface area contributed by atoms with Gasteiger partial charge in [-0.3, -0.25) is 20.4 Å². The molecule has 0 fully saturated rings.